The summed E-state index contributed by atoms with van der Waals surface area (Å²) in [6.45, 7) is 3.76. The van der Waals surface area contributed by atoms with Crippen LogP contribution in [-0.4, -0.2) is 41.0 Å². The predicted octanol–water partition coefficient (Wildman–Crippen LogP) is 7.20. The molecule has 0 aromatic heterocycles. The number of benzene rings is 3. The van der Waals surface area contributed by atoms with Gasteiger partial charge < -0.3 is 4.74 Å². The van der Waals surface area contributed by atoms with E-state index < -0.39 is 0 Å². The van der Waals surface area contributed by atoms with Crippen molar-refractivity contribution < 1.29 is 4.74 Å². The molecule has 3 heteroatoms. The minimum absolute atomic E-state index is 0.328. The molecular weight excluding hydrogens is 488 g/mol. The SMILES string of the molecule is c1ccc(CN2C[C@H]3CC45C6Cc7ccc(Oc8ccccc8)cc7C4(CCN6C4CCC4)C4C2CCC435)cc1. The fourth-order valence-electron chi connectivity index (χ4n) is 12.5. The summed E-state index contributed by atoms with van der Waals surface area (Å²) in [7, 11) is 0. The molecule has 0 amide bonds. The van der Waals surface area contributed by atoms with Gasteiger partial charge in [-0.3, -0.25) is 9.80 Å². The fraction of sp³-hybridized carbons (Fsp3) is 0.514. The average Bonchev–Trinajstić information content (AvgIpc) is 3.29. The van der Waals surface area contributed by atoms with E-state index in [9.17, 15) is 0 Å². The van der Waals surface area contributed by atoms with Crippen molar-refractivity contribution in [1.82, 2.24) is 9.80 Å². The van der Waals surface area contributed by atoms with Gasteiger partial charge in [0, 0.05) is 42.0 Å². The summed E-state index contributed by atoms with van der Waals surface area (Å²) >= 11 is 0. The molecule has 5 aliphatic carbocycles. The Hall–Kier alpha value is -2.62. The molecule has 4 saturated carbocycles. The third-order valence-electron chi connectivity index (χ3n) is 13.6. The van der Waals surface area contributed by atoms with Crippen LogP contribution in [0.2, 0.25) is 0 Å². The number of hydrogen-bond donors (Lipinski definition) is 0. The standard InChI is InChI=1S/C37H40N2O/c1-3-8-25(9-4-1)23-38-24-27-22-37-33-20-26-14-15-30(40-29-12-5-2-6-13-29)21-31(26)36(37,18-19-39(33)28-10-7-11-28)34-32(38)16-17-35(27,34)37/h1-6,8-9,12-15,21,27-28,32-34H,7,10-11,16-20,22-24H2/t27-,32?,33?,34?,35?,36?,37?/m1/s1. The Balaban J connectivity index is 1.10. The Morgan fingerprint density at radius 3 is 2.48 bits per heavy atom. The fourth-order valence-corrected chi connectivity index (χ4v) is 12.5. The van der Waals surface area contributed by atoms with Crippen LogP contribution in [0.1, 0.15) is 61.6 Å². The van der Waals surface area contributed by atoms with Gasteiger partial charge >= 0.3 is 0 Å². The highest BCUT2D eigenvalue weighted by Crippen LogP contribution is 2.93. The van der Waals surface area contributed by atoms with Crippen molar-refractivity contribution in [2.75, 3.05) is 13.1 Å². The van der Waals surface area contributed by atoms with Gasteiger partial charge in [0.25, 0.3) is 0 Å². The highest BCUT2D eigenvalue weighted by Gasteiger charge is 2.93. The van der Waals surface area contributed by atoms with E-state index in [0.717, 1.165) is 48.0 Å². The molecule has 2 heterocycles. The van der Waals surface area contributed by atoms with E-state index >= 15 is 0 Å². The van der Waals surface area contributed by atoms with Crippen LogP contribution in [0.25, 0.3) is 0 Å². The number of rotatable bonds is 5. The first-order chi connectivity index (χ1) is 19.7. The van der Waals surface area contributed by atoms with Crippen LogP contribution in [0, 0.1) is 22.7 Å². The quantitative estimate of drug-likeness (QED) is 0.348. The monoisotopic (exact) mass is 528 g/mol. The molecule has 2 spiro atoms. The van der Waals surface area contributed by atoms with Crippen LogP contribution in [0.3, 0.4) is 0 Å². The zero-order valence-corrected chi connectivity index (χ0v) is 23.5. The van der Waals surface area contributed by atoms with Crippen molar-refractivity contribution in [3.8, 4) is 11.5 Å². The van der Waals surface area contributed by atoms with Crippen LogP contribution >= 0.6 is 0 Å². The van der Waals surface area contributed by atoms with Crippen LogP contribution in [0.15, 0.2) is 78.9 Å². The molecule has 3 nitrogen and oxygen atoms in total. The van der Waals surface area contributed by atoms with E-state index in [-0.39, 0.29) is 0 Å². The lowest BCUT2D eigenvalue weighted by atomic mass is 9.15. The number of piperidine rings is 2. The first kappa shape index (κ1) is 23.0. The molecular formula is C37H40N2O. The lowest BCUT2D eigenvalue weighted by Crippen LogP contribution is -2.93. The number of para-hydroxylation sites is 1. The van der Waals surface area contributed by atoms with Gasteiger partial charge in [-0.15, -0.1) is 0 Å². The largest absolute Gasteiger partial charge is 0.457 e. The van der Waals surface area contributed by atoms with Gasteiger partial charge in [0.2, 0.25) is 0 Å². The lowest BCUT2D eigenvalue weighted by Gasteiger charge is -2.92. The topological polar surface area (TPSA) is 15.7 Å². The Morgan fingerprint density at radius 1 is 0.850 bits per heavy atom. The van der Waals surface area contributed by atoms with Crippen LogP contribution in [0.4, 0.5) is 0 Å². The molecule has 3 aromatic carbocycles. The smallest absolute Gasteiger partial charge is 0.127 e. The van der Waals surface area contributed by atoms with E-state index in [4.69, 9.17) is 4.74 Å². The van der Waals surface area contributed by atoms with E-state index in [0.29, 0.717) is 16.2 Å². The normalized spacial score (nSPS) is 40.6. The number of nitrogens with zero attached hydrogens (tertiary/aromatic N) is 2. The second-order valence-electron chi connectivity index (χ2n) is 14.4. The van der Waals surface area contributed by atoms with Gasteiger partial charge in [0.05, 0.1) is 0 Å². The minimum atomic E-state index is 0.328. The molecule has 7 aliphatic rings. The first-order valence-corrected chi connectivity index (χ1v) is 16.1. The molecule has 0 N–H and O–H groups in total. The summed E-state index contributed by atoms with van der Waals surface area (Å²) in [6.07, 6.45) is 11.3. The summed E-state index contributed by atoms with van der Waals surface area (Å²) in [5.74, 6) is 3.69. The zero-order chi connectivity index (χ0) is 26.1. The van der Waals surface area contributed by atoms with Gasteiger partial charge in [-0.1, -0.05) is 61.0 Å². The van der Waals surface area contributed by atoms with Gasteiger partial charge in [0.1, 0.15) is 11.5 Å². The van der Waals surface area contributed by atoms with E-state index in [1.807, 2.05) is 0 Å². The molecule has 2 aliphatic heterocycles. The van der Waals surface area contributed by atoms with Crippen LogP contribution in [-0.2, 0) is 18.4 Å². The number of likely N-dealkylation sites (tertiary alicyclic amines) is 2. The van der Waals surface area contributed by atoms with Crippen molar-refractivity contribution in [3.05, 3.63) is 95.6 Å². The van der Waals surface area contributed by atoms with Gasteiger partial charge in [-0.2, -0.15) is 0 Å². The Labute approximate surface area is 238 Å². The number of hydrogen-bond acceptors (Lipinski definition) is 3. The maximum Gasteiger partial charge on any atom is 0.127 e. The Kier molecular flexibility index (Phi) is 4.49. The van der Waals surface area contributed by atoms with Crippen LogP contribution in [0.5, 0.6) is 11.5 Å². The van der Waals surface area contributed by atoms with Gasteiger partial charge in [-0.25, -0.2) is 0 Å². The molecule has 6 unspecified atom stereocenters. The third-order valence-corrected chi connectivity index (χ3v) is 13.6. The molecule has 0 radical (unpaired) electrons. The lowest BCUT2D eigenvalue weighted by molar-refractivity contribution is -0.401. The van der Waals surface area contributed by atoms with Gasteiger partial charge in [0.15, 0.2) is 0 Å². The maximum atomic E-state index is 6.50. The van der Waals surface area contributed by atoms with Crippen LogP contribution < -0.4 is 4.74 Å². The minimum Gasteiger partial charge on any atom is -0.457 e. The second kappa shape index (κ2) is 7.81. The summed E-state index contributed by atoms with van der Waals surface area (Å²) in [6, 6.07) is 31.3. The summed E-state index contributed by atoms with van der Waals surface area (Å²) in [5.41, 5.74) is 6.23. The van der Waals surface area contributed by atoms with Crippen molar-refractivity contribution >= 4 is 0 Å². The second-order valence-corrected chi connectivity index (χ2v) is 14.4. The summed E-state index contributed by atoms with van der Waals surface area (Å²) in [5, 5.41) is 0. The third kappa shape index (κ3) is 2.50. The highest BCUT2D eigenvalue weighted by molar-refractivity contribution is 5.58. The summed E-state index contributed by atoms with van der Waals surface area (Å²) in [4.78, 5) is 6.02. The number of fused-ring (bicyclic) bond motifs is 1. The van der Waals surface area contributed by atoms with Crippen molar-refractivity contribution in [2.45, 2.75) is 81.5 Å². The molecule has 6 fully saturated rings. The molecule has 10 rings (SSSR count). The Bertz CT molecular complexity index is 1480. The van der Waals surface area contributed by atoms with Gasteiger partial charge in [-0.05, 0) is 110 Å². The van der Waals surface area contributed by atoms with Crippen molar-refractivity contribution in [3.63, 3.8) is 0 Å². The average molecular weight is 529 g/mol. The predicted molar refractivity (Wildman–Crippen MR) is 157 cm³/mol. The van der Waals surface area contributed by atoms with E-state index in [1.165, 1.54) is 70.0 Å². The molecule has 4 bridgehead atoms. The molecule has 3 aromatic rings. The molecule has 40 heavy (non-hydrogen) atoms. The van der Waals surface area contributed by atoms with E-state index in [1.54, 1.807) is 11.1 Å². The van der Waals surface area contributed by atoms with Crippen molar-refractivity contribution in [2.24, 2.45) is 22.7 Å². The molecule has 2 saturated heterocycles. The van der Waals surface area contributed by atoms with Crippen molar-refractivity contribution in [1.29, 1.82) is 0 Å². The highest BCUT2D eigenvalue weighted by atomic mass is 16.5. The van der Waals surface area contributed by atoms with E-state index in [2.05, 4.69) is 88.7 Å². The number of ether oxygens (including phenoxy) is 1. The molecule has 7 atom stereocenters. The molecule has 204 valence electrons. The zero-order valence-electron chi connectivity index (χ0n) is 23.5. The first-order valence-electron chi connectivity index (χ1n) is 16.1. The Morgan fingerprint density at radius 2 is 1.68 bits per heavy atom. The maximum absolute atomic E-state index is 6.50. The summed E-state index contributed by atoms with van der Waals surface area (Å²) < 4.78 is 6.50.